The Morgan fingerprint density at radius 3 is 2.14 bits per heavy atom. The lowest BCUT2D eigenvalue weighted by molar-refractivity contribution is 0.168. The van der Waals surface area contributed by atoms with Crippen LogP contribution in [-0.2, 0) is 4.74 Å². The number of anilines is 3. The van der Waals surface area contributed by atoms with E-state index in [-0.39, 0.29) is 23.7 Å². The number of benzene rings is 1. The van der Waals surface area contributed by atoms with Crippen LogP contribution in [0.15, 0.2) is 18.2 Å². The highest BCUT2D eigenvalue weighted by Crippen LogP contribution is 2.30. The zero-order chi connectivity index (χ0) is 16.9. The predicted molar refractivity (Wildman–Crippen MR) is 79.6 cm³/mol. The Hall–Kier alpha value is -3.05. The monoisotopic (exact) mass is 311 g/mol. The first-order valence-electron chi connectivity index (χ1n) is 6.04. The maximum absolute atomic E-state index is 11.4. The summed E-state index contributed by atoms with van der Waals surface area (Å²) in [6.45, 7) is 1.82. The van der Waals surface area contributed by atoms with Gasteiger partial charge in [-0.05, 0) is 25.1 Å². The number of amides is 5. The van der Waals surface area contributed by atoms with Crippen LogP contribution >= 0.6 is 0 Å². The van der Waals surface area contributed by atoms with Gasteiger partial charge in [0.2, 0.25) is 0 Å². The maximum Gasteiger partial charge on any atom is 0.411 e. The average molecular weight is 311 g/mol. The topological polar surface area (TPSA) is 183 Å². The lowest BCUT2D eigenvalue weighted by atomic mass is 10.2. The molecule has 11 heteroatoms. The predicted octanol–water partition coefficient (Wildman–Crippen LogP) is -0.227. The van der Waals surface area contributed by atoms with Crippen LogP contribution < -0.4 is 38.5 Å². The molecule has 0 aliphatic carbocycles. The summed E-state index contributed by atoms with van der Waals surface area (Å²) in [6, 6.07) is 2.02. The quantitative estimate of drug-likeness (QED) is 0.290. The van der Waals surface area contributed by atoms with Crippen molar-refractivity contribution in [3.63, 3.8) is 0 Å². The van der Waals surface area contributed by atoms with Gasteiger partial charge in [0.25, 0.3) is 0 Å². The van der Waals surface area contributed by atoms with E-state index >= 15 is 0 Å². The van der Waals surface area contributed by atoms with Crippen molar-refractivity contribution in [1.29, 1.82) is 0 Å². The normalized spacial score (nSPS) is 9.77. The minimum Gasteiger partial charge on any atom is -0.450 e. The molecule has 1 aromatic rings. The molecule has 120 valence electrons. The number of rotatable bonds is 4. The highest BCUT2D eigenvalue weighted by atomic mass is 16.5. The Bertz CT molecular complexity index is 592. The molecule has 1 aromatic carbocycles. The van der Waals surface area contributed by atoms with Gasteiger partial charge in [-0.3, -0.25) is 5.32 Å². The first-order valence-corrected chi connectivity index (χ1v) is 6.04. The van der Waals surface area contributed by atoms with Crippen molar-refractivity contribution in [1.82, 2.24) is 0 Å². The van der Waals surface area contributed by atoms with E-state index in [1.54, 1.807) is 6.92 Å². The number of carbonyl (C=O) groups is 3. The maximum atomic E-state index is 11.4. The first-order chi connectivity index (χ1) is 10.3. The molecule has 22 heavy (non-hydrogen) atoms. The second kappa shape index (κ2) is 7.10. The Morgan fingerprint density at radius 1 is 1.09 bits per heavy atom. The Morgan fingerprint density at radius 2 is 1.64 bits per heavy atom. The highest BCUT2D eigenvalue weighted by molar-refractivity contribution is 6.00. The van der Waals surface area contributed by atoms with Crippen LogP contribution in [0, 0.1) is 0 Å². The van der Waals surface area contributed by atoms with Gasteiger partial charge in [0.05, 0.1) is 18.0 Å². The number of hydrogen-bond donors (Lipinski definition) is 5. The fraction of sp³-hybridized carbons (Fsp3) is 0.182. The van der Waals surface area contributed by atoms with Gasteiger partial charge in [0.1, 0.15) is 0 Å². The summed E-state index contributed by atoms with van der Waals surface area (Å²) in [5.41, 5.74) is 10.4. The summed E-state index contributed by atoms with van der Waals surface area (Å²) in [6.07, 6.45) is -0.705. The number of carbonyl (C=O) groups excluding carboxylic acids is 3. The van der Waals surface area contributed by atoms with Crippen molar-refractivity contribution in [2.45, 2.75) is 6.92 Å². The zero-order valence-corrected chi connectivity index (χ0v) is 11.8. The second-order valence-electron chi connectivity index (χ2n) is 3.97. The van der Waals surface area contributed by atoms with Crippen LogP contribution in [0.1, 0.15) is 6.92 Å². The van der Waals surface area contributed by atoms with Gasteiger partial charge in [0.15, 0.2) is 0 Å². The molecule has 0 bridgehead atoms. The Labute approximate surface area is 125 Å². The summed E-state index contributed by atoms with van der Waals surface area (Å²) >= 11 is 0. The first kappa shape index (κ1) is 17.0. The van der Waals surface area contributed by atoms with Gasteiger partial charge in [0, 0.05) is 5.69 Å². The van der Waals surface area contributed by atoms with Crippen LogP contribution in [0.25, 0.3) is 0 Å². The minimum absolute atomic E-state index is 0.0169. The molecule has 0 saturated heterocycles. The van der Waals surface area contributed by atoms with Gasteiger partial charge in [-0.15, -0.1) is 0 Å². The number of primary amides is 2. The molecule has 0 radical (unpaired) electrons. The standard InChI is InChI=1S/C11H17N7O4/c1-2-22-11(21)16-6-3-4-7(17(14)9(12)19)8(5-6)18(15)10(13)20/h3-5H,2,14-15H2,1H3,(H2,12,19)(H2,13,20)(H,16,21). The van der Waals surface area contributed by atoms with Crippen LogP contribution in [0.4, 0.5) is 31.4 Å². The highest BCUT2D eigenvalue weighted by Gasteiger charge is 2.19. The van der Waals surface area contributed by atoms with E-state index in [9.17, 15) is 14.4 Å². The molecule has 0 aliphatic heterocycles. The van der Waals surface area contributed by atoms with E-state index < -0.39 is 18.2 Å². The average Bonchev–Trinajstić information content (AvgIpc) is 2.45. The summed E-state index contributed by atoms with van der Waals surface area (Å²) in [5, 5.41) is 3.53. The number of nitrogens with zero attached hydrogens (tertiary/aromatic N) is 2. The lowest BCUT2D eigenvalue weighted by Gasteiger charge is -2.23. The molecular weight excluding hydrogens is 294 g/mol. The van der Waals surface area contributed by atoms with Crippen LogP contribution in [0.3, 0.4) is 0 Å². The van der Waals surface area contributed by atoms with E-state index in [1.807, 2.05) is 0 Å². The van der Waals surface area contributed by atoms with Crippen molar-refractivity contribution < 1.29 is 19.1 Å². The molecule has 1 rings (SSSR count). The van der Waals surface area contributed by atoms with Gasteiger partial charge in [-0.2, -0.15) is 0 Å². The summed E-state index contributed by atoms with van der Waals surface area (Å²) < 4.78 is 4.71. The third-order valence-corrected chi connectivity index (χ3v) is 2.49. The van der Waals surface area contributed by atoms with Crippen LogP contribution in [0.2, 0.25) is 0 Å². The molecule has 0 fully saturated rings. The number of urea groups is 2. The van der Waals surface area contributed by atoms with Gasteiger partial charge in [-0.1, -0.05) is 0 Å². The van der Waals surface area contributed by atoms with Crippen LogP contribution in [0.5, 0.6) is 0 Å². The molecule has 9 N–H and O–H groups in total. The van der Waals surface area contributed by atoms with Crippen molar-refractivity contribution >= 4 is 35.2 Å². The second-order valence-corrected chi connectivity index (χ2v) is 3.97. The third kappa shape index (κ3) is 3.97. The Balaban J connectivity index is 3.22. The van der Waals surface area contributed by atoms with Crippen molar-refractivity contribution in [3.05, 3.63) is 18.2 Å². The molecule has 0 atom stereocenters. The molecule has 0 heterocycles. The molecule has 5 amide bonds. The molecule has 0 unspecified atom stereocenters. The number of nitrogens with two attached hydrogens (primary N) is 4. The SMILES string of the molecule is CCOC(=O)Nc1ccc(N(N)C(N)=O)c(N(N)C(N)=O)c1. The van der Waals surface area contributed by atoms with E-state index in [4.69, 9.17) is 27.9 Å². The van der Waals surface area contributed by atoms with Gasteiger partial charge >= 0.3 is 18.2 Å². The fourth-order valence-electron chi connectivity index (χ4n) is 1.52. The van der Waals surface area contributed by atoms with Crippen molar-refractivity contribution in [2.24, 2.45) is 23.2 Å². The fourth-order valence-corrected chi connectivity index (χ4v) is 1.52. The largest absolute Gasteiger partial charge is 0.450 e. The number of nitrogens with one attached hydrogen (secondary N) is 1. The molecular formula is C11H17N7O4. The molecule has 11 nitrogen and oxygen atoms in total. The van der Waals surface area contributed by atoms with Gasteiger partial charge in [-0.25, -0.2) is 36.1 Å². The summed E-state index contributed by atoms with van der Waals surface area (Å²) in [5.74, 6) is 11.0. The van der Waals surface area contributed by atoms with E-state index in [0.717, 1.165) is 0 Å². The van der Waals surface area contributed by atoms with Crippen molar-refractivity contribution in [2.75, 3.05) is 21.9 Å². The minimum atomic E-state index is -1.01. The van der Waals surface area contributed by atoms with E-state index in [1.165, 1.54) is 18.2 Å². The number of hydrazine groups is 2. The third-order valence-electron chi connectivity index (χ3n) is 2.49. The lowest BCUT2D eigenvalue weighted by Crippen LogP contribution is -2.46. The summed E-state index contributed by atoms with van der Waals surface area (Å²) in [7, 11) is 0. The van der Waals surface area contributed by atoms with E-state index in [2.05, 4.69) is 5.32 Å². The Kier molecular flexibility index (Phi) is 5.49. The van der Waals surface area contributed by atoms with Gasteiger partial charge < -0.3 is 16.2 Å². The zero-order valence-electron chi connectivity index (χ0n) is 11.8. The molecule has 0 aliphatic rings. The van der Waals surface area contributed by atoms with Crippen molar-refractivity contribution in [3.8, 4) is 0 Å². The van der Waals surface area contributed by atoms with Crippen LogP contribution in [-0.4, -0.2) is 24.8 Å². The molecule has 0 aromatic heterocycles. The summed E-state index contributed by atoms with van der Waals surface area (Å²) in [4.78, 5) is 33.7. The molecule has 0 spiro atoms. The molecule has 0 saturated carbocycles. The number of hydrogen-bond acceptors (Lipinski definition) is 6. The van der Waals surface area contributed by atoms with E-state index in [0.29, 0.717) is 10.0 Å². The smallest absolute Gasteiger partial charge is 0.411 e. The number of ether oxygens (including phenoxy) is 1.